The first-order chi connectivity index (χ1) is 7.54. The van der Waals surface area contributed by atoms with E-state index in [0.717, 1.165) is 4.47 Å². The molecule has 0 bridgehead atoms. The molecule has 0 aliphatic rings. The lowest BCUT2D eigenvalue weighted by molar-refractivity contribution is 0.0802. The van der Waals surface area contributed by atoms with E-state index in [4.69, 9.17) is 21.8 Å². The van der Waals surface area contributed by atoms with Gasteiger partial charge >= 0.3 is 0 Å². The monoisotopic (exact) mass is 307 g/mol. The van der Waals surface area contributed by atoms with Gasteiger partial charge < -0.3 is 15.5 Å². The van der Waals surface area contributed by atoms with E-state index in [9.17, 15) is 4.79 Å². The number of benzene rings is 1. The Balaban J connectivity index is 2.66. The number of hydrogen-bond donors (Lipinski definition) is 3. The molecule has 1 unspecified atom stereocenters. The summed E-state index contributed by atoms with van der Waals surface area (Å²) in [5.74, 6) is -0.384. The molecular weight excluding hydrogens is 297 g/mol. The van der Waals surface area contributed by atoms with Gasteiger partial charge in [0.15, 0.2) is 0 Å². The molecule has 0 aliphatic heterocycles. The maximum Gasteiger partial charge on any atom is 0.252 e. The second kappa shape index (κ2) is 6.20. The van der Waals surface area contributed by atoms with Gasteiger partial charge in [0.05, 0.1) is 23.3 Å². The topological polar surface area (TPSA) is 69.6 Å². The first-order valence-corrected chi connectivity index (χ1v) is 5.74. The zero-order chi connectivity index (χ0) is 12.1. The van der Waals surface area contributed by atoms with E-state index in [0.29, 0.717) is 10.6 Å². The Morgan fingerprint density at radius 2 is 2.25 bits per heavy atom. The number of aliphatic hydroxyl groups excluding tert-OH is 2. The molecular formula is C10H11BrClNO3. The molecule has 16 heavy (non-hydrogen) atoms. The van der Waals surface area contributed by atoms with E-state index in [1.807, 2.05) is 0 Å². The molecule has 1 atom stereocenters. The van der Waals surface area contributed by atoms with E-state index in [2.05, 4.69) is 21.2 Å². The van der Waals surface area contributed by atoms with Crippen LogP contribution in [-0.4, -0.2) is 35.4 Å². The molecule has 0 heterocycles. The lowest BCUT2D eigenvalue weighted by atomic mass is 10.2. The molecule has 4 nitrogen and oxygen atoms in total. The molecule has 0 radical (unpaired) electrons. The number of nitrogens with one attached hydrogen (secondary N) is 1. The Kier molecular flexibility index (Phi) is 5.21. The van der Waals surface area contributed by atoms with Crippen LogP contribution >= 0.6 is 27.5 Å². The summed E-state index contributed by atoms with van der Waals surface area (Å²) in [4.78, 5) is 11.6. The quantitative estimate of drug-likeness (QED) is 0.782. The Hall–Kier alpha value is -0.620. The molecule has 6 heteroatoms. The van der Waals surface area contributed by atoms with Crippen molar-refractivity contribution in [2.45, 2.75) is 6.10 Å². The van der Waals surface area contributed by atoms with Crippen molar-refractivity contribution in [1.29, 1.82) is 0 Å². The van der Waals surface area contributed by atoms with Crippen LogP contribution in [0.2, 0.25) is 5.02 Å². The van der Waals surface area contributed by atoms with E-state index in [1.165, 1.54) is 0 Å². The summed E-state index contributed by atoms with van der Waals surface area (Å²) in [6.07, 6.45) is -0.960. The Morgan fingerprint density at radius 3 is 2.81 bits per heavy atom. The minimum Gasteiger partial charge on any atom is -0.394 e. The molecule has 1 rings (SSSR count). The summed E-state index contributed by atoms with van der Waals surface area (Å²) in [5, 5.41) is 20.4. The lowest BCUT2D eigenvalue weighted by Crippen LogP contribution is -2.34. The molecule has 3 N–H and O–H groups in total. The predicted octanol–water partition coefficient (Wildman–Crippen LogP) is 1.19. The van der Waals surface area contributed by atoms with Gasteiger partial charge in [-0.2, -0.15) is 0 Å². The van der Waals surface area contributed by atoms with Crippen molar-refractivity contribution in [2.75, 3.05) is 13.2 Å². The summed E-state index contributed by atoms with van der Waals surface area (Å²) in [6, 6.07) is 4.88. The zero-order valence-electron chi connectivity index (χ0n) is 8.28. The van der Waals surface area contributed by atoms with Crippen LogP contribution in [0.3, 0.4) is 0 Å². The first kappa shape index (κ1) is 13.4. The second-order valence-electron chi connectivity index (χ2n) is 3.17. The van der Waals surface area contributed by atoms with Crippen molar-refractivity contribution in [1.82, 2.24) is 5.32 Å². The average molecular weight is 309 g/mol. The van der Waals surface area contributed by atoms with Crippen LogP contribution in [0, 0.1) is 0 Å². The normalized spacial score (nSPS) is 12.2. The third-order valence-electron chi connectivity index (χ3n) is 1.88. The third kappa shape index (κ3) is 3.75. The van der Waals surface area contributed by atoms with Gasteiger partial charge in [-0.05, 0) is 18.2 Å². The van der Waals surface area contributed by atoms with Gasteiger partial charge in [-0.3, -0.25) is 4.79 Å². The van der Waals surface area contributed by atoms with Gasteiger partial charge in [0.25, 0.3) is 5.91 Å². The highest BCUT2D eigenvalue weighted by Crippen LogP contribution is 2.21. The summed E-state index contributed by atoms with van der Waals surface area (Å²) in [6.45, 7) is -0.407. The van der Waals surface area contributed by atoms with E-state index < -0.39 is 12.7 Å². The smallest absolute Gasteiger partial charge is 0.252 e. The molecule has 1 aromatic rings. The van der Waals surface area contributed by atoms with Crippen molar-refractivity contribution in [3.8, 4) is 0 Å². The lowest BCUT2D eigenvalue weighted by Gasteiger charge is -2.09. The molecule has 0 fully saturated rings. The van der Waals surface area contributed by atoms with Crippen LogP contribution in [-0.2, 0) is 0 Å². The first-order valence-electron chi connectivity index (χ1n) is 4.56. The number of aliphatic hydroxyl groups is 2. The van der Waals surface area contributed by atoms with Crippen LogP contribution in [0.1, 0.15) is 10.4 Å². The average Bonchev–Trinajstić information content (AvgIpc) is 2.25. The van der Waals surface area contributed by atoms with Crippen molar-refractivity contribution in [2.24, 2.45) is 0 Å². The number of halogens is 2. The fourth-order valence-electron chi connectivity index (χ4n) is 1.04. The molecule has 0 spiro atoms. The van der Waals surface area contributed by atoms with Crippen LogP contribution in [0.4, 0.5) is 0 Å². The summed E-state index contributed by atoms with van der Waals surface area (Å²) < 4.78 is 0.782. The maximum atomic E-state index is 11.6. The molecule has 88 valence electrons. The van der Waals surface area contributed by atoms with Crippen LogP contribution in [0.25, 0.3) is 0 Å². The maximum absolute atomic E-state index is 11.6. The van der Waals surface area contributed by atoms with Crippen LogP contribution in [0.5, 0.6) is 0 Å². The molecule has 0 saturated carbocycles. The van der Waals surface area contributed by atoms with Crippen molar-refractivity contribution in [3.63, 3.8) is 0 Å². The Morgan fingerprint density at radius 1 is 1.56 bits per heavy atom. The van der Waals surface area contributed by atoms with E-state index in [-0.39, 0.29) is 12.5 Å². The van der Waals surface area contributed by atoms with Gasteiger partial charge in [0.1, 0.15) is 0 Å². The third-order valence-corrected chi connectivity index (χ3v) is 2.69. The number of rotatable bonds is 4. The second-order valence-corrected chi connectivity index (χ2v) is 4.49. The minimum absolute atomic E-state index is 0.0122. The molecule has 0 aliphatic carbocycles. The highest BCUT2D eigenvalue weighted by Gasteiger charge is 2.11. The molecule has 0 aromatic heterocycles. The van der Waals surface area contributed by atoms with E-state index in [1.54, 1.807) is 18.2 Å². The van der Waals surface area contributed by atoms with Gasteiger partial charge in [-0.1, -0.05) is 27.5 Å². The van der Waals surface area contributed by atoms with Gasteiger partial charge in [-0.15, -0.1) is 0 Å². The zero-order valence-corrected chi connectivity index (χ0v) is 10.6. The number of amides is 1. The van der Waals surface area contributed by atoms with Crippen LogP contribution in [0.15, 0.2) is 22.7 Å². The Bertz CT molecular complexity index is 386. The molecule has 0 saturated heterocycles. The van der Waals surface area contributed by atoms with Crippen molar-refractivity contribution in [3.05, 3.63) is 33.3 Å². The minimum atomic E-state index is -0.960. The fraction of sp³-hybridized carbons (Fsp3) is 0.300. The molecule has 1 amide bonds. The van der Waals surface area contributed by atoms with Gasteiger partial charge in [0, 0.05) is 11.0 Å². The van der Waals surface area contributed by atoms with Crippen LogP contribution < -0.4 is 5.32 Å². The molecule has 1 aromatic carbocycles. The number of hydrogen-bond acceptors (Lipinski definition) is 3. The standard InChI is InChI=1S/C10H11BrClNO3/c11-6-1-2-8(9(12)3-6)10(16)13-4-7(15)5-14/h1-3,7,14-15H,4-5H2,(H,13,16). The highest BCUT2D eigenvalue weighted by atomic mass is 79.9. The summed E-state index contributed by atoms with van der Waals surface area (Å²) in [5.41, 5.74) is 0.329. The largest absolute Gasteiger partial charge is 0.394 e. The van der Waals surface area contributed by atoms with Gasteiger partial charge in [0.2, 0.25) is 0 Å². The summed E-state index contributed by atoms with van der Waals surface area (Å²) >= 11 is 9.10. The fourth-order valence-corrected chi connectivity index (χ4v) is 1.80. The Labute approximate surface area is 106 Å². The summed E-state index contributed by atoms with van der Waals surface area (Å²) in [7, 11) is 0. The predicted molar refractivity (Wildman–Crippen MR) is 64.6 cm³/mol. The van der Waals surface area contributed by atoms with Crippen molar-refractivity contribution < 1.29 is 15.0 Å². The van der Waals surface area contributed by atoms with Gasteiger partial charge in [-0.25, -0.2) is 0 Å². The number of carbonyl (C=O) groups is 1. The SMILES string of the molecule is O=C(NCC(O)CO)c1ccc(Br)cc1Cl. The van der Waals surface area contributed by atoms with E-state index >= 15 is 0 Å². The highest BCUT2D eigenvalue weighted by molar-refractivity contribution is 9.10. The van der Waals surface area contributed by atoms with Crippen molar-refractivity contribution >= 4 is 33.4 Å². The number of carbonyl (C=O) groups excluding carboxylic acids is 1.